The number of halogens is 1. The van der Waals surface area contributed by atoms with Crippen LogP contribution in [-0.4, -0.2) is 5.91 Å². The number of amides is 1. The summed E-state index contributed by atoms with van der Waals surface area (Å²) in [6.45, 7) is 2.44. The average molecular weight is 376 g/mol. The van der Waals surface area contributed by atoms with Crippen molar-refractivity contribution >= 4 is 28.5 Å². The Morgan fingerprint density at radius 3 is 2.48 bits per heavy atom. The van der Waals surface area contributed by atoms with E-state index in [2.05, 4.69) is 5.32 Å². The summed E-state index contributed by atoms with van der Waals surface area (Å²) in [5.74, 6) is 0.0755. The largest absolute Gasteiger partial charge is 0.450 e. The van der Waals surface area contributed by atoms with E-state index in [0.29, 0.717) is 22.9 Å². The van der Waals surface area contributed by atoms with Gasteiger partial charge < -0.3 is 9.73 Å². The number of nitrogens with one attached hydrogen (secondary N) is 1. The lowest BCUT2D eigenvalue weighted by Gasteiger charge is -2.06. The van der Waals surface area contributed by atoms with E-state index in [1.807, 2.05) is 79.7 Å². The zero-order valence-electron chi connectivity index (χ0n) is 14.8. The third-order valence-electron chi connectivity index (χ3n) is 4.48. The smallest absolute Gasteiger partial charge is 0.287 e. The van der Waals surface area contributed by atoms with Gasteiger partial charge in [-0.1, -0.05) is 66.2 Å². The van der Waals surface area contributed by atoms with Gasteiger partial charge in [0.2, 0.25) is 5.76 Å². The maximum absolute atomic E-state index is 12.9. The van der Waals surface area contributed by atoms with E-state index >= 15 is 0 Å². The fourth-order valence-electron chi connectivity index (χ4n) is 3.13. The van der Waals surface area contributed by atoms with Crippen molar-refractivity contribution in [2.45, 2.75) is 13.5 Å². The van der Waals surface area contributed by atoms with Crippen LogP contribution >= 0.6 is 11.6 Å². The first kappa shape index (κ1) is 17.4. The highest BCUT2D eigenvalue weighted by Gasteiger charge is 2.22. The molecular formula is C23H18ClNO2. The Hall–Kier alpha value is -3.04. The predicted octanol–water partition coefficient (Wildman–Crippen LogP) is 5.99. The molecule has 4 heteroatoms. The van der Waals surface area contributed by atoms with Gasteiger partial charge in [-0.05, 0) is 41.8 Å². The summed E-state index contributed by atoms with van der Waals surface area (Å²) in [6, 6.07) is 23.2. The molecule has 3 nitrogen and oxygen atoms in total. The van der Waals surface area contributed by atoms with Gasteiger partial charge in [0, 0.05) is 22.5 Å². The van der Waals surface area contributed by atoms with Crippen LogP contribution in [0.4, 0.5) is 0 Å². The van der Waals surface area contributed by atoms with Crippen LogP contribution in [-0.2, 0) is 6.54 Å². The first-order valence-corrected chi connectivity index (χ1v) is 9.11. The van der Waals surface area contributed by atoms with Crippen LogP contribution in [0.1, 0.15) is 21.7 Å². The fraction of sp³-hybridized carbons (Fsp3) is 0.0870. The van der Waals surface area contributed by atoms with Crippen LogP contribution in [0.2, 0.25) is 5.02 Å². The number of carbonyl (C=O) groups excluding carboxylic acids is 1. The van der Waals surface area contributed by atoms with Crippen LogP contribution in [0.5, 0.6) is 0 Å². The molecule has 0 aliphatic heterocycles. The molecule has 134 valence electrons. The minimum Gasteiger partial charge on any atom is -0.450 e. The van der Waals surface area contributed by atoms with Crippen molar-refractivity contribution in [1.29, 1.82) is 0 Å². The molecule has 0 saturated carbocycles. The van der Waals surface area contributed by atoms with E-state index in [1.54, 1.807) is 0 Å². The van der Waals surface area contributed by atoms with Crippen molar-refractivity contribution in [1.82, 2.24) is 5.32 Å². The van der Waals surface area contributed by atoms with Crippen molar-refractivity contribution in [2.75, 3.05) is 0 Å². The lowest BCUT2D eigenvalue weighted by atomic mass is 10.0. The molecular weight excluding hydrogens is 358 g/mol. The summed E-state index contributed by atoms with van der Waals surface area (Å²) >= 11 is 6.03. The fourth-order valence-corrected chi connectivity index (χ4v) is 3.25. The number of rotatable bonds is 4. The number of carbonyl (C=O) groups is 1. The van der Waals surface area contributed by atoms with Gasteiger partial charge in [-0.2, -0.15) is 0 Å². The predicted molar refractivity (Wildman–Crippen MR) is 109 cm³/mol. The van der Waals surface area contributed by atoms with E-state index in [4.69, 9.17) is 16.0 Å². The highest BCUT2D eigenvalue weighted by atomic mass is 35.5. The molecule has 0 atom stereocenters. The highest BCUT2D eigenvalue weighted by Crippen LogP contribution is 2.36. The Balaban J connectivity index is 1.75. The van der Waals surface area contributed by atoms with Gasteiger partial charge >= 0.3 is 0 Å². The molecule has 1 N–H and O–H groups in total. The Morgan fingerprint density at radius 2 is 1.74 bits per heavy atom. The van der Waals surface area contributed by atoms with Crippen LogP contribution in [0.3, 0.4) is 0 Å². The zero-order chi connectivity index (χ0) is 18.8. The second kappa shape index (κ2) is 7.29. The van der Waals surface area contributed by atoms with E-state index < -0.39 is 0 Å². The lowest BCUT2D eigenvalue weighted by molar-refractivity contribution is 0.0926. The van der Waals surface area contributed by atoms with E-state index in [0.717, 1.165) is 27.6 Å². The molecule has 4 aromatic rings. The zero-order valence-corrected chi connectivity index (χ0v) is 15.6. The Morgan fingerprint density at radius 1 is 1.00 bits per heavy atom. The number of aryl methyl sites for hydroxylation is 1. The van der Waals surface area contributed by atoms with Crippen molar-refractivity contribution in [2.24, 2.45) is 0 Å². The molecule has 0 unspecified atom stereocenters. The first-order valence-electron chi connectivity index (χ1n) is 8.73. The van der Waals surface area contributed by atoms with Gasteiger partial charge in [-0.3, -0.25) is 4.79 Å². The number of hydrogen-bond donors (Lipinski definition) is 1. The maximum Gasteiger partial charge on any atom is 0.287 e. The van der Waals surface area contributed by atoms with Crippen molar-refractivity contribution in [3.8, 4) is 11.1 Å². The van der Waals surface area contributed by atoms with Gasteiger partial charge in [0.1, 0.15) is 5.58 Å². The maximum atomic E-state index is 12.9. The Bertz CT molecular complexity index is 1100. The normalized spacial score (nSPS) is 10.9. The molecule has 0 bridgehead atoms. The molecule has 0 aliphatic carbocycles. The molecule has 4 rings (SSSR count). The van der Waals surface area contributed by atoms with Crippen LogP contribution in [0.15, 0.2) is 77.2 Å². The molecule has 1 heterocycles. The molecule has 27 heavy (non-hydrogen) atoms. The summed E-state index contributed by atoms with van der Waals surface area (Å²) in [4.78, 5) is 12.9. The topological polar surface area (TPSA) is 42.2 Å². The average Bonchev–Trinajstić information content (AvgIpc) is 3.06. The first-order chi connectivity index (χ1) is 13.1. The molecule has 0 aliphatic rings. The van der Waals surface area contributed by atoms with Crippen molar-refractivity contribution in [3.05, 3.63) is 94.7 Å². The number of benzene rings is 3. The summed E-state index contributed by atoms with van der Waals surface area (Å²) in [5, 5.41) is 4.51. The quantitative estimate of drug-likeness (QED) is 0.476. The summed E-state index contributed by atoms with van der Waals surface area (Å²) in [5.41, 5.74) is 4.49. The van der Waals surface area contributed by atoms with Gasteiger partial charge in [0.15, 0.2) is 0 Å². The number of hydrogen-bond acceptors (Lipinski definition) is 2. The van der Waals surface area contributed by atoms with Gasteiger partial charge in [-0.25, -0.2) is 0 Å². The van der Waals surface area contributed by atoms with E-state index in [9.17, 15) is 4.79 Å². The molecule has 1 aromatic heterocycles. The molecule has 3 aromatic carbocycles. The summed E-state index contributed by atoms with van der Waals surface area (Å²) in [7, 11) is 0. The van der Waals surface area contributed by atoms with Crippen molar-refractivity contribution < 1.29 is 9.21 Å². The second-order valence-corrected chi connectivity index (χ2v) is 6.92. The number of furan rings is 1. The lowest BCUT2D eigenvalue weighted by Crippen LogP contribution is -2.22. The van der Waals surface area contributed by atoms with E-state index in [1.165, 1.54) is 0 Å². The molecule has 0 saturated heterocycles. The molecule has 0 spiro atoms. The number of fused-ring (bicyclic) bond motifs is 1. The molecule has 0 radical (unpaired) electrons. The molecule has 0 fully saturated rings. The van der Waals surface area contributed by atoms with Crippen LogP contribution in [0, 0.1) is 6.92 Å². The van der Waals surface area contributed by atoms with Gasteiger partial charge in [-0.15, -0.1) is 0 Å². The third-order valence-corrected chi connectivity index (χ3v) is 4.73. The highest BCUT2D eigenvalue weighted by molar-refractivity contribution is 6.30. The monoisotopic (exact) mass is 375 g/mol. The van der Waals surface area contributed by atoms with Gasteiger partial charge in [0.05, 0.1) is 0 Å². The summed E-state index contributed by atoms with van der Waals surface area (Å²) in [6.07, 6.45) is 0. The minimum absolute atomic E-state index is 0.238. The van der Waals surface area contributed by atoms with Crippen LogP contribution in [0.25, 0.3) is 22.1 Å². The third kappa shape index (κ3) is 3.60. The minimum atomic E-state index is -0.238. The second-order valence-electron chi connectivity index (χ2n) is 6.48. The van der Waals surface area contributed by atoms with Crippen molar-refractivity contribution in [3.63, 3.8) is 0 Å². The van der Waals surface area contributed by atoms with E-state index in [-0.39, 0.29) is 5.91 Å². The SMILES string of the molecule is Cc1ccc2c(-c3ccc(Cl)cc3)c(C(=O)NCc3ccccc3)oc2c1. The Labute approximate surface area is 162 Å². The Kier molecular flexibility index (Phi) is 4.69. The van der Waals surface area contributed by atoms with Crippen LogP contribution < -0.4 is 5.32 Å². The van der Waals surface area contributed by atoms with Gasteiger partial charge in [0.25, 0.3) is 5.91 Å². The molecule has 1 amide bonds. The summed E-state index contributed by atoms with van der Waals surface area (Å²) < 4.78 is 5.97. The standard InChI is InChI=1S/C23H18ClNO2/c1-15-7-12-19-20(13-15)27-22(21(19)17-8-10-18(24)11-9-17)23(26)25-14-16-5-3-2-4-6-16/h2-13H,14H2,1H3,(H,25,26).